The van der Waals surface area contributed by atoms with Gasteiger partial charge in [-0.05, 0) is 19.3 Å². The summed E-state index contributed by atoms with van der Waals surface area (Å²) in [5.74, 6) is 0. The van der Waals surface area contributed by atoms with Crippen LogP contribution >= 0.6 is 11.3 Å². The lowest BCUT2D eigenvalue weighted by Crippen LogP contribution is -2.35. The Balaban J connectivity index is 2.10. The van der Waals surface area contributed by atoms with Crippen LogP contribution in [0.2, 0.25) is 0 Å². The highest BCUT2D eigenvalue weighted by Crippen LogP contribution is 2.30. The molecule has 4 heteroatoms. The van der Waals surface area contributed by atoms with Crippen LogP contribution in [0.1, 0.15) is 38.3 Å². The molecular weight excluding hydrogens is 220 g/mol. The number of hydrogen-bond acceptors (Lipinski definition) is 4. The molecule has 1 fully saturated rings. The maximum absolute atomic E-state index is 9.16. The molecule has 0 unspecified atom stereocenters. The van der Waals surface area contributed by atoms with Crippen molar-refractivity contribution in [2.45, 2.75) is 45.1 Å². The minimum absolute atomic E-state index is 0.220. The van der Waals surface area contributed by atoms with E-state index < -0.39 is 0 Å². The molecule has 1 heterocycles. The van der Waals surface area contributed by atoms with E-state index in [9.17, 15) is 0 Å². The highest BCUT2D eigenvalue weighted by Gasteiger charge is 2.24. The van der Waals surface area contributed by atoms with E-state index in [1.54, 1.807) is 11.3 Å². The molecule has 2 rings (SSSR count). The zero-order valence-corrected chi connectivity index (χ0v) is 10.7. The summed E-state index contributed by atoms with van der Waals surface area (Å²) in [6.45, 7) is 3.07. The zero-order valence-electron chi connectivity index (χ0n) is 9.85. The van der Waals surface area contributed by atoms with Gasteiger partial charge in [-0.2, -0.15) is 0 Å². The SMILES string of the molecule is CCc1csc(N(CCO)C2CCCC2)n1. The first-order valence-corrected chi connectivity index (χ1v) is 7.05. The maximum Gasteiger partial charge on any atom is 0.185 e. The summed E-state index contributed by atoms with van der Waals surface area (Å²) in [5.41, 5.74) is 1.17. The van der Waals surface area contributed by atoms with Crippen molar-refractivity contribution < 1.29 is 5.11 Å². The van der Waals surface area contributed by atoms with Crippen LogP contribution in [0.3, 0.4) is 0 Å². The van der Waals surface area contributed by atoms with Crippen LogP contribution in [0.25, 0.3) is 0 Å². The molecule has 0 bridgehead atoms. The van der Waals surface area contributed by atoms with Gasteiger partial charge in [-0.3, -0.25) is 0 Å². The van der Waals surface area contributed by atoms with Crippen LogP contribution in [0, 0.1) is 0 Å². The predicted octanol–water partition coefficient (Wildman–Crippen LogP) is 2.45. The fraction of sp³-hybridized carbons (Fsp3) is 0.750. The number of hydrogen-bond donors (Lipinski definition) is 1. The van der Waals surface area contributed by atoms with Gasteiger partial charge >= 0.3 is 0 Å². The standard InChI is InChI=1S/C12H20N2OS/c1-2-10-9-16-12(13-10)14(7-8-15)11-5-3-4-6-11/h9,11,15H,2-8H2,1H3. The van der Waals surface area contributed by atoms with Gasteiger partial charge in [-0.15, -0.1) is 11.3 Å². The third-order valence-corrected chi connectivity index (χ3v) is 4.18. The van der Waals surface area contributed by atoms with Gasteiger partial charge in [0.15, 0.2) is 5.13 Å². The Morgan fingerprint density at radius 3 is 2.81 bits per heavy atom. The third-order valence-electron chi connectivity index (χ3n) is 3.25. The van der Waals surface area contributed by atoms with Gasteiger partial charge in [-0.1, -0.05) is 19.8 Å². The quantitative estimate of drug-likeness (QED) is 0.859. The van der Waals surface area contributed by atoms with Crippen molar-refractivity contribution in [1.29, 1.82) is 0 Å². The Hall–Kier alpha value is -0.610. The maximum atomic E-state index is 9.16. The Kier molecular flexibility index (Phi) is 4.18. The zero-order chi connectivity index (χ0) is 11.4. The van der Waals surface area contributed by atoms with Gasteiger partial charge in [0, 0.05) is 18.0 Å². The van der Waals surface area contributed by atoms with Crippen molar-refractivity contribution in [1.82, 2.24) is 4.98 Å². The van der Waals surface area contributed by atoms with E-state index in [0.29, 0.717) is 6.04 Å². The first kappa shape index (κ1) is 11.9. The first-order chi connectivity index (χ1) is 7.85. The smallest absolute Gasteiger partial charge is 0.185 e. The molecule has 90 valence electrons. The second-order valence-corrected chi connectivity index (χ2v) is 5.17. The van der Waals surface area contributed by atoms with Gasteiger partial charge < -0.3 is 10.0 Å². The number of aryl methyl sites for hydroxylation is 1. The Labute approximate surface area is 101 Å². The van der Waals surface area contributed by atoms with E-state index >= 15 is 0 Å². The number of aromatic nitrogens is 1. The molecule has 1 aliphatic carbocycles. The summed E-state index contributed by atoms with van der Waals surface area (Å²) in [6.07, 6.45) is 6.13. The second kappa shape index (κ2) is 5.64. The van der Waals surface area contributed by atoms with Crippen LogP contribution in [0.15, 0.2) is 5.38 Å². The summed E-state index contributed by atoms with van der Waals surface area (Å²) < 4.78 is 0. The molecule has 1 aromatic heterocycles. The second-order valence-electron chi connectivity index (χ2n) is 4.33. The van der Waals surface area contributed by atoms with Crippen molar-refractivity contribution >= 4 is 16.5 Å². The minimum atomic E-state index is 0.220. The molecule has 0 aliphatic heterocycles. The lowest BCUT2D eigenvalue weighted by Gasteiger charge is -2.27. The van der Waals surface area contributed by atoms with Gasteiger partial charge in [0.2, 0.25) is 0 Å². The Bertz CT molecular complexity index is 321. The molecule has 1 aromatic rings. The van der Waals surface area contributed by atoms with Crippen molar-refractivity contribution in [2.24, 2.45) is 0 Å². The van der Waals surface area contributed by atoms with Crippen LogP contribution in [-0.2, 0) is 6.42 Å². The number of aliphatic hydroxyl groups is 1. The molecular formula is C12H20N2OS. The van der Waals surface area contributed by atoms with Crippen molar-refractivity contribution in [3.63, 3.8) is 0 Å². The first-order valence-electron chi connectivity index (χ1n) is 6.17. The Morgan fingerprint density at radius 1 is 1.50 bits per heavy atom. The number of nitrogens with zero attached hydrogens (tertiary/aromatic N) is 2. The van der Waals surface area contributed by atoms with Crippen molar-refractivity contribution in [3.05, 3.63) is 11.1 Å². The molecule has 0 spiro atoms. The molecule has 0 amide bonds. The van der Waals surface area contributed by atoms with E-state index in [1.807, 2.05) is 0 Å². The summed E-state index contributed by atoms with van der Waals surface area (Å²) in [6, 6.07) is 0.600. The lowest BCUT2D eigenvalue weighted by molar-refractivity contribution is 0.297. The third kappa shape index (κ3) is 2.55. The molecule has 1 saturated carbocycles. The summed E-state index contributed by atoms with van der Waals surface area (Å²) in [4.78, 5) is 6.93. The fourth-order valence-corrected chi connectivity index (χ4v) is 3.36. The van der Waals surface area contributed by atoms with Crippen molar-refractivity contribution in [3.8, 4) is 0 Å². The molecule has 3 nitrogen and oxygen atoms in total. The molecule has 16 heavy (non-hydrogen) atoms. The van der Waals surface area contributed by atoms with Crippen LogP contribution in [0.5, 0.6) is 0 Å². The average molecular weight is 240 g/mol. The minimum Gasteiger partial charge on any atom is -0.395 e. The normalized spacial score (nSPS) is 16.9. The summed E-state index contributed by atoms with van der Waals surface area (Å²) in [5, 5.41) is 12.4. The van der Waals surface area contributed by atoms with Crippen LogP contribution in [0.4, 0.5) is 5.13 Å². The topological polar surface area (TPSA) is 36.4 Å². The van der Waals surface area contributed by atoms with E-state index in [4.69, 9.17) is 5.11 Å². The van der Waals surface area contributed by atoms with E-state index in [-0.39, 0.29) is 6.61 Å². The lowest BCUT2D eigenvalue weighted by atomic mass is 10.2. The fourth-order valence-electron chi connectivity index (χ4n) is 2.35. The van der Waals surface area contributed by atoms with Gasteiger partial charge in [0.1, 0.15) is 0 Å². The predicted molar refractivity (Wildman–Crippen MR) is 68.2 cm³/mol. The number of rotatable bonds is 5. The molecule has 0 atom stereocenters. The van der Waals surface area contributed by atoms with Gasteiger partial charge in [-0.25, -0.2) is 4.98 Å². The van der Waals surface area contributed by atoms with Gasteiger partial charge in [0.25, 0.3) is 0 Å². The largest absolute Gasteiger partial charge is 0.395 e. The van der Waals surface area contributed by atoms with E-state index in [1.165, 1.54) is 31.4 Å². The monoisotopic (exact) mass is 240 g/mol. The van der Waals surface area contributed by atoms with E-state index in [2.05, 4.69) is 22.2 Å². The molecule has 1 aliphatic rings. The highest BCUT2D eigenvalue weighted by molar-refractivity contribution is 7.13. The Morgan fingerprint density at radius 2 is 2.25 bits per heavy atom. The van der Waals surface area contributed by atoms with Crippen molar-refractivity contribution in [2.75, 3.05) is 18.1 Å². The molecule has 0 radical (unpaired) electrons. The molecule has 1 N–H and O–H groups in total. The van der Waals surface area contributed by atoms with Gasteiger partial charge in [0.05, 0.1) is 12.3 Å². The summed E-state index contributed by atoms with van der Waals surface area (Å²) in [7, 11) is 0. The van der Waals surface area contributed by atoms with Crippen LogP contribution in [-0.4, -0.2) is 29.3 Å². The van der Waals surface area contributed by atoms with E-state index in [0.717, 1.165) is 18.1 Å². The average Bonchev–Trinajstić information content (AvgIpc) is 2.97. The number of aliphatic hydroxyl groups excluding tert-OH is 1. The molecule has 0 aromatic carbocycles. The molecule has 0 saturated heterocycles. The number of anilines is 1. The number of thiazole rings is 1. The summed E-state index contributed by atoms with van der Waals surface area (Å²) >= 11 is 1.71. The highest BCUT2D eigenvalue weighted by atomic mass is 32.1. The van der Waals surface area contributed by atoms with Crippen LogP contribution < -0.4 is 4.90 Å².